The Morgan fingerprint density at radius 2 is 1.93 bits per heavy atom. The molecule has 15 heavy (non-hydrogen) atoms. The summed E-state index contributed by atoms with van der Waals surface area (Å²) in [5, 5.41) is 0. The molecule has 1 rings (SSSR count). The number of nitrogens with two attached hydrogens (primary N) is 1. The van der Waals surface area contributed by atoms with E-state index in [2.05, 4.69) is 23.8 Å². The summed E-state index contributed by atoms with van der Waals surface area (Å²) in [4.78, 5) is 8.47. The number of ether oxygens (including phenoxy) is 1. The summed E-state index contributed by atoms with van der Waals surface area (Å²) in [6, 6.07) is 0.0615. The van der Waals surface area contributed by atoms with Crippen molar-refractivity contribution in [1.82, 2.24) is 9.97 Å². The molecule has 1 aromatic heterocycles. The van der Waals surface area contributed by atoms with Crippen molar-refractivity contribution < 1.29 is 4.74 Å². The summed E-state index contributed by atoms with van der Waals surface area (Å²) in [6.45, 7) is 6.26. The first-order valence-electron chi connectivity index (χ1n) is 5.17. The van der Waals surface area contributed by atoms with E-state index in [1.807, 2.05) is 6.92 Å². The molecule has 0 aromatic carbocycles. The van der Waals surface area contributed by atoms with Gasteiger partial charge >= 0.3 is 0 Å². The third kappa shape index (κ3) is 2.89. The minimum atomic E-state index is 0.0615. The highest BCUT2D eigenvalue weighted by molar-refractivity contribution is 5.14. The van der Waals surface area contributed by atoms with E-state index in [1.54, 1.807) is 19.5 Å². The van der Waals surface area contributed by atoms with Gasteiger partial charge in [-0.15, -0.1) is 0 Å². The lowest BCUT2D eigenvalue weighted by molar-refractivity contribution is 0.380. The molecule has 4 heteroatoms. The molecule has 0 spiro atoms. The smallest absolute Gasteiger partial charge is 0.232 e. The molecule has 0 radical (unpaired) electrons. The van der Waals surface area contributed by atoms with Crippen molar-refractivity contribution in [3.63, 3.8) is 0 Å². The third-order valence-corrected chi connectivity index (χ3v) is 2.47. The number of rotatable bonds is 4. The fraction of sp³-hybridized carbons (Fsp3) is 0.636. The van der Waals surface area contributed by atoms with E-state index in [4.69, 9.17) is 10.5 Å². The SMILES string of the molecule is COc1cncc(C(C(C)C)C(C)N)n1. The lowest BCUT2D eigenvalue weighted by Gasteiger charge is -2.23. The monoisotopic (exact) mass is 209 g/mol. The molecule has 1 aromatic rings. The van der Waals surface area contributed by atoms with Crippen LogP contribution in [0.4, 0.5) is 0 Å². The molecule has 0 saturated carbocycles. The number of nitrogens with zero attached hydrogens (tertiary/aromatic N) is 2. The average molecular weight is 209 g/mol. The lowest BCUT2D eigenvalue weighted by atomic mass is 9.87. The number of hydrogen-bond acceptors (Lipinski definition) is 4. The minimum Gasteiger partial charge on any atom is -0.480 e. The highest BCUT2D eigenvalue weighted by atomic mass is 16.5. The Bertz CT molecular complexity index is 304. The normalized spacial score (nSPS) is 15.1. The molecule has 0 aliphatic heterocycles. The van der Waals surface area contributed by atoms with E-state index in [0.29, 0.717) is 11.8 Å². The molecular formula is C11H19N3O. The van der Waals surface area contributed by atoms with Crippen LogP contribution in [0.3, 0.4) is 0 Å². The predicted octanol–water partition coefficient (Wildman–Crippen LogP) is 1.57. The lowest BCUT2D eigenvalue weighted by Crippen LogP contribution is -2.29. The molecule has 0 saturated heterocycles. The zero-order valence-electron chi connectivity index (χ0n) is 9.77. The topological polar surface area (TPSA) is 61.0 Å². The summed E-state index contributed by atoms with van der Waals surface area (Å²) in [5.41, 5.74) is 6.85. The van der Waals surface area contributed by atoms with Crippen LogP contribution in [0.5, 0.6) is 5.88 Å². The van der Waals surface area contributed by atoms with Gasteiger partial charge in [-0.05, 0) is 12.8 Å². The Kier molecular flexibility index (Phi) is 4.03. The van der Waals surface area contributed by atoms with Crippen molar-refractivity contribution in [2.45, 2.75) is 32.7 Å². The second-order valence-electron chi connectivity index (χ2n) is 4.12. The molecule has 2 atom stereocenters. The maximum atomic E-state index is 5.95. The molecule has 0 fully saturated rings. The molecule has 2 unspecified atom stereocenters. The molecule has 0 amide bonds. The number of hydrogen-bond donors (Lipinski definition) is 1. The van der Waals surface area contributed by atoms with E-state index < -0.39 is 0 Å². The van der Waals surface area contributed by atoms with Gasteiger partial charge in [0.05, 0.1) is 19.0 Å². The van der Waals surface area contributed by atoms with Crippen LogP contribution in [-0.2, 0) is 0 Å². The zero-order chi connectivity index (χ0) is 11.4. The van der Waals surface area contributed by atoms with Crippen LogP contribution in [0.25, 0.3) is 0 Å². The zero-order valence-corrected chi connectivity index (χ0v) is 9.77. The molecule has 0 aliphatic rings. The van der Waals surface area contributed by atoms with Gasteiger partial charge in [0, 0.05) is 18.2 Å². The van der Waals surface area contributed by atoms with Crippen molar-refractivity contribution in [1.29, 1.82) is 0 Å². The van der Waals surface area contributed by atoms with Crippen LogP contribution < -0.4 is 10.5 Å². The van der Waals surface area contributed by atoms with Crippen LogP contribution in [0.15, 0.2) is 12.4 Å². The Morgan fingerprint density at radius 3 is 2.40 bits per heavy atom. The number of aromatic nitrogens is 2. The van der Waals surface area contributed by atoms with Gasteiger partial charge in [-0.3, -0.25) is 4.98 Å². The summed E-state index contributed by atoms with van der Waals surface area (Å²) >= 11 is 0. The van der Waals surface area contributed by atoms with E-state index in [0.717, 1.165) is 5.69 Å². The van der Waals surface area contributed by atoms with Gasteiger partial charge in [0.25, 0.3) is 0 Å². The second kappa shape index (κ2) is 5.07. The molecular weight excluding hydrogens is 190 g/mol. The van der Waals surface area contributed by atoms with Crippen molar-refractivity contribution in [3.8, 4) is 5.88 Å². The second-order valence-corrected chi connectivity index (χ2v) is 4.12. The summed E-state index contributed by atoms with van der Waals surface area (Å²) in [7, 11) is 1.59. The van der Waals surface area contributed by atoms with E-state index >= 15 is 0 Å². The molecule has 4 nitrogen and oxygen atoms in total. The van der Waals surface area contributed by atoms with Gasteiger partial charge in [0.1, 0.15) is 0 Å². The highest BCUT2D eigenvalue weighted by Crippen LogP contribution is 2.25. The largest absolute Gasteiger partial charge is 0.480 e. The van der Waals surface area contributed by atoms with Crippen molar-refractivity contribution >= 4 is 0 Å². The van der Waals surface area contributed by atoms with Gasteiger partial charge in [0.2, 0.25) is 5.88 Å². The molecule has 84 valence electrons. The van der Waals surface area contributed by atoms with Gasteiger partial charge < -0.3 is 10.5 Å². The van der Waals surface area contributed by atoms with Gasteiger partial charge in [-0.1, -0.05) is 13.8 Å². The van der Waals surface area contributed by atoms with Gasteiger partial charge in [0.15, 0.2) is 0 Å². The maximum Gasteiger partial charge on any atom is 0.232 e. The van der Waals surface area contributed by atoms with E-state index in [1.165, 1.54) is 0 Å². The van der Waals surface area contributed by atoms with Gasteiger partial charge in [-0.2, -0.15) is 0 Å². The molecule has 0 aliphatic carbocycles. The molecule has 1 heterocycles. The first kappa shape index (κ1) is 11.9. The van der Waals surface area contributed by atoms with E-state index in [-0.39, 0.29) is 12.0 Å². The fourth-order valence-corrected chi connectivity index (χ4v) is 1.84. The average Bonchev–Trinajstić information content (AvgIpc) is 2.17. The van der Waals surface area contributed by atoms with Crippen molar-refractivity contribution in [2.75, 3.05) is 7.11 Å². The Morgan fingerprint density at radius 1 is 1.27 bits per heavy atom. The third-order valence-electron chi connectivity index (χ3n) is 2.47. The van der Waals surface area contributed by atoms with Crippen LogP contribution in [0, 0.1) is 5.92 Å². The quantitative estimate of drug-likeness (QED) is 0.817. The fourth-order valence-electron chi connectivity index (χ4n) is 1.84. The molecule has 0 bridgehead atoms. The first-order valence-corrected chi connectivity index (χ1v) is 5.17. The standard InChI is InChI=1S/C11H19N3O/c1-7(2)11(8(3)12)9-5-13-6-10(14-9)15-4/h5-8,11H,12H2,1-4H3. The van der Waals surface area contributed by atoms with Crippen molar-refractivity contribution in [2.24, 2.45) is 11.7 Å². The van der Waals surface area contributed by atoms with E-state index in [9.17, 15) is 0 Å². The Hall–Kier alpha value is -1.16. The van der Waals surface area contributed by atoms with Crippen LogP contribution in [-0.4, -0.2) is 23.1 Å². The minimum absolute atomic E-state index is 0.0615. The summed E-state index contributed by atoms with van der Waals surface area (Å²) in [6.07, 6.45) is 3.36. The first-order chi connectivity index (χ1) is 7.06. The Labute approximate surface area is 90.9 Å². The van der Waals surface area contributed by atoms with Gasteiger partial charge in [-0.25, -0.2) is 4.98 Å². The maximum absolute atomic E-state index is 5.95. The molecule has 2 N–H and O–H groups in total. The predicted molar refractivity (Wildman–Crippen MR) is 59.8 cm³/mol. The van der Waals surface area contributed by atoms with Crippen molar-refractivity contribution in [3.05, 3.63) is 18.1 Å². The summed E-state index contributed by atoms with van der Waals surface area (Å²) in [5.74, 6) is 1.19. The summed E-state index contributed by atoms with van der Waals surface area (Å²) < 4.78 is 5.05. The highest BCUT2D eigenvalue weighted by Gasteiger charge is 2.22. The van der Waals surface area contributed by atoms with Crippen LogP contribution in [0.2, 0.25) is 0 Å². The number of methoxy groups -OCH3 is 1. The van der Waals surface area contributed by atoms with Crippen LogP contribution >= 0.6 is 0 Å². The Balaban J connectivity index is 3.00. The van der Waals surface area contributed by atoms with Crippen LogP contribution in [0.1, 0.15) is 32.4 Å².